The second-order valence-electron chi connectivity index (χ2n) is 4.52. The molecule has 2 aromatic rings. The first kappa shape index (κ1) is 15.1. The molecule has 1 N–H and O–H groups in total. The minimum atomic E-state index is 0.0233. The molecule has 0 fully saturated rings. The van der Waals surface area contributed by atoms with Crippen LogP contribution >= 0.6 is 27.5 Å². The van der Waals surface area contributed by atoms with Crippen molar-refractivity contribution in [1.29, 1.82) is 0 Å². The molecule has 104 valence electrons. The second-order valence-corrected chi connectivity index (χ2v) is 5.78. The van der Waals surface area contributed by atoms with Crippen LogP contribution in [0.25, 0.3) is 0 Å². The molecule has 0 spiro atoms. The molecule has 0 radical (unpaired) electrons. The Labute approximate surface area is 132 Å². The third-order valence-electron chi connectivity index (χ3n) is 2.92. The van der Waals surface area contributed by atoms with Gasteiger partial charge in [0.05, 0.1) is 5.02 Å². The molecule has 2 nitrogen and oxygen atoms in total. The van der Waals surface area contributed by atoms with Gasteiger partial charge in [-0.1, -0.05) is 41.9 Å². The zero-order valence-electron chi connectivity index (χ0n) is 10.9. The summed E-state index contributed by atoms with van der Waals surface area (Å²) in [5.74, 6) is 0.0233. The van der Waals surface area contributed by atoms with E-state index in [2.05, 4.69) is 33.4 Å². The molecule has 0 aromatic heterocycles. The van der Waals surface area contributed by atoms with Crippen LogP contribution in [0.3, 0.4) is 0 Å². The van der Waals surface area contributed by atoms with Crippen LogP contribution in [-0.4, -0.2) is 5.91 Å². The number of amides is 1. The number of carbonyl (C=O) groups is 1. The molecule has 1 amide bonds. The van der Waals surface area contributed by atoms with Crippen molar-refractivity contribution in [3.05, 3.63) is 63.6 Å². The zero-order valence-corrected chi connectivity index (χ0v) is 13.2. The van der Waals surface area contributed by atoms with Crippen molar-refractivity contribution in [2.24, 2.45) is 0 Å². The van der Waals surface area contributed by atoms with Crippen LogP contribution in [0, 0.1) is 0 Å². The predicted octanol–water partition coefficient (Wildman–Crippen LogP) is 5.06. The van der Waals surface area contributed by atoms with Crippen LogP contribution in [0.4, 0.5) is 5.69 Å². The van der Waals surface area contributed by atoms with Gasteiger partial charge in [-0.2, -0.15) is 0 Å². The Hall–Kier alpha value is -1.32. The summed E-state index contributed by atoms with van der Waals surface area (Å²) in [4.78, 5) is 11.8. The SMILES string of the molecule is O=C(CCCc1ccccc1)Nc1ccc(Cl)c(Br)c1. The van der Waals surface area contributed by atoms with E-state index < -0.39 is 0 Å². The van der Waals surface area contributed by atoms with E-state index in [9.17, 15) is 4.79 Å². The van der Waals surface area contributed by atoms with E-state index in [1.165, 1.54) is 5.56 Å². The lowest BCUT2D eigenvalue weighted by molar-refractivity contribution is -0.116. The Kier molecular flexibility index (Phi) is 5.62. The highest BCUT2D eigenvalue weighted by atomic mass is 79.9. The van der Waals surface area contributed by atoms with Crippen molar-refractivity contribution in [2.45, 2.75) is 19.3 Å². The molecule has 0 aliphatic heterocycles. The van der Waals surface area contributed by atoms with Gasteiger partial charge in [0.25, 0.3) is 0 Å². The lowest BCUT2D eigenvalue weighted by Gasteiger charge is -2.06. The summed E-state index contributed by atoms with van der Waals surface area (Å²) in [6.07, 6.45) is 2.26. The quantitative estimate of drug-likeness (QED) is 0.800. The van der Waals surface area contributed by atoms with Gasteiger partial charge in [0, 0.05) is 16.6 Å². The number of benzene rings is 2. The average Bonchev–Trinajstić information content (AvgIpc) is 2.44. The molecule has 0 aliphatic rings. The summed E-state index contributed by atoms with van der Waals surface area (Å²) in [7, 11) is 0. The van der Waals surface area contributed by atoms with Crippen LogP contribution in [0.5, 0.6) is 0 Å². The summed E-state index contributed by atoms with van der Waals surface area (Å²) in [5.41, 5.74) is 2.01. The largest absolute Gasteiger partial charge is 0.326 e. The smallest absolute Gasteiger partial charge is 0.224 e. The minimum Gasteiger partial charge on any atom is -0.326 e. The third-order valence-corrected chi connectivity index (χ3v) is 4.13. The molecular weight excluding hydrogens is 338 g/mol. The van der Waals surface area contributed by atoms with Crippen molar-refractivity contribution in [1.82, 2.24) is 0 Å². The van der Waals surface area contributed by atoms with Gasteiger partial charge in [0.1, 0.15) is 0 Å². The normalized spacial score (nSPS) is 10.3. The fraction of sp³-hybridized carbons (Fsp3) is 0.188. The number of hydrogen-bond acceptors (Lipinski definition) is 1. The highest BCUT2D eigenvalue weighted by Crippen LogP contribution is 2.25. The predicted molar refractivity (Wildman–Crippen MR) is 87.2 cm³/mol. The standard InChI is InChI=1S/C16H15BrClNO/c17-14-11-13(9-10-15(14)18)19-16(20)8-4-7-12-5-2-1-3-6-12/h1-3,5-6,9-11H,4,7-8H2,(H,19,20). The van der Waals surface area contributed by atoms with Gasteiger partial charge >= 0.3 is 0 Å². The Morgan fingerprint density at radius 3 is 2.60 bits per heavy atom. The van der Waals surface area contributed by atoms with E-state index in [1.807, 2.05) is 18.2 Å². The maximum absolute atomic E-state index is 11.8. The number of carbonyl (C=O) groups excluding carboxylic acids is 1. The van der Waals surface area contributed by atoms with Gasteiger partial charge < -0.3 is 5.32 Å². The molecule has 0 bridgehead atoms. The van der Waals surface area contributed by atoms with Gasteiger partial charge in [0.15, 0.2) is 0 Å². The van der Waals surface area contributed by atoms with Gasteiger partial charge in [-0.15, -0.1) is 0 Å². The average molecular weight is 353 g/mol. The van der Waals surface area contributed by atoms with E-state index in [1.54, 1.807) is 18.2 Å². The first-order chi connectivity index (χ1) is 9.65. The molecule has 20 heavy (non-hydrogen) atoms. The summed E-state index contributed by atoms with van der Waals surface area (Å²) < 4.78 is 0.779. The van der Waals surface area contributed by atoms with E-state index in [-0.39, 0.29) is 5.91 Å². The molecule has 0 atom stereocenters. The van der Waals surface area contributed by atoms with Crippen LogP contribution in [0.15, 0.2) is 53.0 Å². The number of aryl methyl sites for hydroxylation is 1. The van der Waals surface area contributed by atoms with Crippen molar-refractivity contribution in [3.63, 3.8) is 0 Å². The number of hydrogen-bond donors (Lipinski definition) is 1. The van der Waals surface area contributed by atoms with Crippen LogP contribution in [0.1, 0.15) is 18.4 Å². The minimum absolute atomic E-state index is 0.0233. The van der Waals surface area contributed by atoms with Crippen LogP contribution in [-0.2, 0) is 11.2 Å². The van der Waals surface area contributed by atoms with Crippen LogP contribution in [0.2, 0.25) is 5.02 Å². The van der Waals surface area contributed by atoms with Crippen molar-refractivity contribution in [2.75, 3.05) is 5.32 Å². The Morgan fingerprint density at radius 2 is 1.90 bits per heavy atom. The van der Waals surface area contributed by atoms with Gasteiger partial charge in [-0.05, 0) is 52.5 Å². The van der Waals surface area contributed by atoms with Crippen molar-refractivity contribution >= 4 is 39.1 Å². The monoisotopic (exact) mass is 351 g/mol. The Morgan fingerprint density at radius 1 is 1.15 bits per heavy atom. The summed E-state index contributed by atoms with van der Waals surface area (Å²) in [5, 5.41) is 3.50. The van der Waals surface area contributed by atoms with E-state index in [4.69, 9.17) is 11.6 Å². The molecule has 0 unspecified atom stereocenters. The van der Waals surface area contributed by atoms with Gasteiger partial charge in [-0.25, -0.2) is 0 Å². The Balaban J connectivity index is 1.79. The highest BCUT2D eigenvalue weighted by Gasteiger charge is 2.04. The number of nitrogens with one attached hydrogen (secondary N) is 1. The van der Waals surface area contributed by atoms with Gasteiger partial charge in [-0.3, -0.25) is 4.79 Å². The fourth-order valence-corrected chi connectivity index (χ4v) is 2.39. The number of anilines is 1. The molecule has 0 saturated carbocycles. The maximum atomic E-state index is 11.8. The molecule has 0 heterocycles. The lowest BCUT2D eigenvalue weighted by Crippen LogP contribution is -2.11. The molecule has 2 aromatic carbocycles. The molecule has 4 heteroatoms. The molecule has 0 saturated heterocycles. The van der Waals surface area contributed by atoms with Crippen molar-refractivity contribution < 1.29 is 4.79 Å². The second kappa shape index (κ2) is 7.46. The fourth-order valence-electron chi connectivity index (χ4n) is 1.90. The van der Waals surface area contributed by atoms with Crippen molar-refractivity contribution in [3.8, 4) is 0 Å². The number of halogens is 2. The summed E-state index contributed by atoms with van der Waals surface area (Å²) in [6, 6.07) is 15.5. The molecule has 0 aliphatic carbocycles. The lowest BCUT2D eigenvalue weighted by atomic mass is 10.1. The molecule has 2 rings (SSSR count). The number of rotatable bonds is 5. The van der Waals surface area contributed by atoms with E-state index in [0.717, 1.165) is 23.0 Å². The van der Waals surface area contributed by atoms with E-state index >= 15 is 0 Å². The summed E-state index contributed by atoms with van der Waals surface area (Å²) >= 11 is 9.25. The summed E-state index contributed by atoms with van der Waals surface area (Å²) in [6.45, 7) is 0. The Bertz CT molecular complexity index is 586. The van der Waals surface area contributed by atoms with Gasteiger partial charge in [0.2, 0.25) is 5.91 Å². The van der Waals surface area contributed by atoms with E-state index in [0.29, 0.717) is 11.4 Å². The maximum Gasteiger partial charge on any atom is 0.224 e. The first-order valence-corrected chi connectivity index (χ1v) is 7.61. The van der Waals surface area contributed by atoms with Crippen LogP contribution < -0.4 is 5.32 Å². The molecular formula is C16H15BrClNO. The topological polar surface area (TPSA) is 29.1 Å². The third kappa shape index (κ3) is 4.66. The first-order valence-electron chi connectivity index (χ1n) is 6.44. The highest BCUT2D eigenvalue weighted by molar-refractivity contribution is 9.10. The zero-order chi connectivity index (χ0) is 14.4.